The summed E-state index contributed by atoms with van der Waals surface area (Å²) in [4.78, 5) is 51.8. The molecule has 1 aromatic heterocycles. The third-order valence-electron chi connectivity index (χ3n) is 4.73. The number of aromatic nitrogens is 2. The number of nitrogens with zero attached hydrogens (tertiary/aromatic N) is 2. The van der Waals surface area contributed by atoms with Gasteiger partial charge in [0, 0.05) is 11.8 Å². The Labute approximate surface area is 197 Å². The Bertz CT molecular complexity index is 1090. The minimum atomic E-state index is -1.80. The fraction of sp³-hybridized carbons (Fsp3) is 0.400. The molecule has 0 saturated carbocycles. The zero-order chi connectivity index (χ0) is 25.5. The Kier molecular flexibility index (Phi) is 8.17. The number of hydrogen-bond donors (Lipinski definition) is 6. The largest absolute Gasteiger partial charge is 0.486 e. The van der Waals surface area contributed by atoms with E-state index < -0.39 is 54.8 Å². The number of anilines is 1. The van der Waals surface area contributed by atoms with Gasteiger partial charge in [-0.1, -0.05) is 5.16 Å². The van der Waals surface area contributed by atoms with Crippen LogP contribution >= 0.6 is 0 Å². The van der Waals surface area contributed by atoms with E-state index in [2.05, 4.69) is 20.8 Å². The van der Waals surface area contributed by atoms with Crippen LogP contribution in [-0.4, -0.2) is 69.9 Å². The lowest BCUT2D eigenvalue weighted by atomic mass is 10.1. The van der Waals surface area contributed by atoms with Gasteiger partial charge in [-0.2, -0.15) is 4.98 Å². The number of nitrogens with one attached hydrogen (secondary N) is 3. The van der Waals surface area contributed by atoms with Crippen molar-refractivity contribution in [2.24, 2.45) is 5.73 Å². The number of ether oxygens (including phenoxy) is 2. The number of ketones is 1. The highest BCUT2D eigenvalue weighted by Crippen LogP contribution is 2.32. The van der Waals surface area contributed by atoms with E-state index in [0.29, 0.717) is 30.4 Å². The van der Waals surface area contributed by atoms with Crippen LogP contribution in [0.25, 0.3) is 0 Å². The summed E-state index contributed by atoms with van der Waals surface area (Å²) in [5.41, 5.74) is 6.05. The molecular formula is C20H24N6O9. The first-order chi connectivity index (χ1) is 16.7. The molecule has 7 N–H and O–H groups in total. The molecule has 0 aliphatic carbocycles. The first kappa shape index (κ1) is 25.4. The van der Waals surface area contributed by atoms with Crippen LogP contribution < -0.4 is 31.2 Å². The number of carboxylic acid groups (broad SMARTS) is 1. The van der Waals surface area contributed by atoms with Crippen LogP contribution in [0.2, 0.25) is 0 Å². The minimum absolute atomic E-state index is 0.0749. The second-order valence-corrected chi connectivity index (χ2v) is 7.44. The number of rotatable bonds is 10. The van der Waals surface area contributed by atoms with E-state index in [1.54, 1.807) is 18.2 Å². The molecule has 35 heavy (non-hydrogen) atoms. The lowest BCUT2D eigenvalue weighted by Crippen LogP contribution is -2.50. The van der Waals surface area contributed by atoms with Crippen molar-refractivity contribution < 1.29 is 43.4 Å². The molecule has 188 valence electrons. The van der Waals surface area contributed by atoms with Gasteiger partial charge in [0.2, 0.25) is 11.8 Å². The Morgan fingerprint density at radius 2 is 1.86 bits per heavy atom. The number of aliphatic hydroxyl groups excluding tert-OH is 1. The van der Waals surface area contributed by atoms with Crippen molar-refractivity contribution in [3.05, 3.63) is 29.9 Å². The summed E-state index contributed by atoms with van der Waals surface area (Å²) < 4.78 is 16.0. The fourth-order valence-corrected chi connectivity index (χ4v) is 3.01. The van der Waals surface area contributed by atoms with Crippen LogP contribution in [0.4, 0.5) is 10.5 Å². The van der Waals surface area contributed by atoms with Crippen molar-refractivity contribution in [1.82, 2.24) is 20.8 Å². The van der Waals surface area contributed by atoms with Gasteiger partial charge in [0.25, 0.3) is 0 Å². The van der Waals surface area contributed by atoms with Crippen molar-refractivity contribution in [3.8, 4) is 11.5 Å². The van der Waals surface area contributed by atoms with Crippen molar-refractivity contribution in [2.45, 2.75) is 31.5 Å². The Morgan fingerprint density at radius 3 is 2.51 bits per heavy atom. The van der Waals surface area contributed by atoms with Crippen molar-refractivity contribution in [1.29, 1.82) is 0 Å². The zero-order valence-corrected chi connectivity index (χ0v) is 18.5. The van der Waals surface area contributed by atoms with Gasteiger partial charge in [0.1, 0.15) is 19.3 Å². The number of aliphatic carboxylic acids is 1. The molecule has 3 atom stereocenters. The molecule has 15 nitrogen and oxygen atoms in total. The Balaban J connectivity index is 1.75. The highest BCUT2D eigenvalue weighted by molar-refractivity contribution is 6.03. The number of hydrogen-bond acceptors (Lipinski definition) is 11. The Hall–Kier alpha value is -4.24. The number of amides is 3. The van der Waals surface area contributed by atoms with Gasteiger partial charge >= 0.3 is 12.0 Å². The summed E-state index contributed by atoms with van der Waals surface area (Å²) in [6.45, 7) is 1.28. The fourth-order valence-electron chi connectivity index (χ4n) is 3.01. The molecule has 1 aliphatic rings. The van der Waals surface area contributed by atoms with Gasteiger partial charge in [-0.3, -0.25) is 9.59 Å². The molecule has 1 aliphatic heterocycles. The average Bonchev–Trinajstić information content (AvgIpc) is 3.31. The predicted octanol–water partition coefficient (Wildman–Crippen LogP) is -0.756. The highest BCUT2D eigenvalue weighted by Gasteiger charge is 2.29. The monoisotopic (exact) mass is 492 g/mol. The molecule has 0 unspecified atom stereocenters. The number of nitrogens with two attached hydrogens (primary N) is 1. The van der Waals surface area contributed by atoms with E-state index in [9.17, 15) is 24.3 Å². The maximum absolute atomic E-state index is 12.7. The van der Waals surface area contributed by atoms with Crippen LogP contribution in [-0.2, 0) is 14.4 Å². The lowest BCUT2D eigenvalue weighted by molar-refractivity contribution is -0.142. The molecule has 15 heteroatoms. The van der Waals surface area contributed by atoms with E-state index >= 15 is 0 Å². The van der Waals surface area contributed by atoms with E-state index in [-0.39, 0.29) is 11.7 Å². The quantitative estimate of drug-likeness (QED) is 0.225. The number of Topliss-reactive ketones (excluding diaryl/α,β-unsaturated/α-hetero) is 1. The number of aliphatic hydroxyl groups is 1. The summed E-state index contributed by atoms with van der Waals surface area (Å²) in [6.07, 6.45) is -0.421. The standard InChI is InChI=1S/C20H24N6O9/c1-9(28)16(19(30)31)24-20(32)23-12(18-25-17(26-35-18)11(21)8-27)7-15(29)22-10-2-3-13-14(6-10)34-5-4-33-13/h2-3,6,11-12,16,27H,4-5,7-8,21H2,1H3,(H,22,29)(H,30,31)(H2,23,24,32)/t11-,12-,16-/m0/s1. The molecule has 0 spiro atoms. The van der Waals surface area contributed by atoms with Crippen LogP contribution in [0.5, 0.6) is 11.5 Å². The van der Waals surface area contributed by atoms with E-state index in [0.717, 1.165) is 6.92 Å². The molecule has 3 amide bonds. The Morgan fingerprint density at radius 1 is 1.14 bits per heavy atom. The summed E-state index contributed by atoms with van der Waals surface area (Å²) >= 11 is 0. The van der Waals surface area contributed by atoms with Gasteiger partial charge in [0.15, 0.2) is 29.1 Å². The van der Waals surface area contributed by atoms with Gasteiger partial charge in [-0.05, 0) is 19.1 Å². The van der Waals surface area contributed by atoms with Crippen LogP contribution in [0.15, 0.2) is 22.7 Å². The normalized spacial score (nSPS) is 14.8. The second-order valence-electron chi connectivity index (χ2n) is 7.44. The number of urea groups is 1. The van der Waals surface area contributed by atoms with Gasteiger partial charge in [0.05, 0.1) is 19.1 Å². The topological polar surface area (TPSA) is 228 Å². The molecule has 2 aromatic rings. The summed E-state index contributed by atoms with van der Waals surface area (Å²) in [6, 6.07) is -0.295. The van der Waals surface area contributed by atoms with Crippen LogP contribution in [0, 0.1) is 0 Å². The molecule has 2 heterocycles. The summed E-state index contributed by atoms with van der Waals surface area (Å²) in [5, 5.41) is 28.9. The maximum atomic E-state index is 12.7. The van der Waals surface area contributed by atoms with Gasteiger partial charge in [-0.15, -0.1) is 0 Å². The molecule has 0 saturated heterocycles. The lowest BCUT2D eigenvalue weighted by Gasteiger charge is -2.20. The third kappa shape index (κ3) is 6.64. The second kappa shape index (κ2) is 11.3. The number of carbonyl (C=O) groups is 4. The SMILES string of the molecule is CC(=O)[C@H](NC(=O)N[C@@H](CC(=O)Nc1ccc2c(c1)OCCO2)c1nc([C@@H](N)CO)no1)C(=O)O. The van der Waals surface area contributed by atoms with Gasteiger partial charge in [-0.25, -0.2) is 9.59 Å². The summed E-state index contributed by atoms with van der Waals surface area (Å²) in [5.74, 6) is -2.28. The first-order valence-electron chi connectivity index (χ1n) is 10.4. The van der Waals surface area contributed by atoms with Gasteiger partial charge < -0.3 is 45.9 Å². The maximum Gasteiger partial charge on any atom is 0.334 e. The number of carbonyl (C=O) groups excluding carboxylic acids is 3. The van der Waals surface area contributed by atoms with Crippen molar-refractivity contribution in [3.63, 3.8) is 0 Å². The minimum Gasteiger partial charge on any atom is -0.486 e. The first-order valence-corrected chi connectivity index (χ1v) is 10.4. The molecule has 0 radical (unpaired) electrons. The van der Waals surface area contributed by atoms with Crippen LogP contribution in [0.3, 0.4) is 0 Å². The number of carboxylic acids is 1. The van der Waals surface area contributed by atoms with Crippen molar-refractivity contribution >= 4 is 29.4 Å². The zero-order valence-electron chi connectivity index (χ0n) is 18.5. The van der Waals surface area contributed by atoms with Crippen molar-refractivity contribution in [2.75, 3.05) is 25.1 Å². The average molecular weight is 492 g/mol. The predicted molar refractivity (Wildman–Crippen MR) is 116 cm³/mol. The smallest absolute Gasteiger partial charge is 0.334 e. The number of fused-ring (bicyclic) bond motifs is 1. The van der Waals surface area contributed by atoms with E-state index in [4.69, 9.17) is 24.8 Å². The van der Waals surface area contributed by atoms with E-state index in [1.165, 1.54) is 0 Å². The van der Waals surface area contributed by atoms with Crippen LogP contribution in [0.1, 0.15) is 37.1 Å². The highest BCUT2D eigenvalue weighted by atomic mass is 16.6. The summed E-state index contributed by atoms with van der Waals surface area (Å²) in [7, 11) is 0. The van der Waals surface area contributed by atoms with E-state index in [1.807, 2.05) is 5.32 Å². The number of benzene rings is 1. The molecule has 0 fully saturated rings. The molecule has 0 bridgehead atoms. The molecule has 1 aromatic carbocycles. The third-order valence-corrected chi connectivity index (χ3v) is 4.73. The molecular weight excluding hydrogens is 468 g/mol. The molecule has 3 rings (SSSR count).